The third kappa shape index (κ3) is 3.51. The number of benzene rings is 1. The lowest BCUT2D eigenvalue weighted by molar-refractivity contribution is 0.0957. The zero-order chi connectivity index (χ0) is 14.5. The predicted octanol–water partition coefficient (Wildman–Crippen LogP) is 2.51. The fourth-order valence-electron chi connectivity index (χ4n) is 2.47. The first-order valence-electron chi connectivity index (χ1n) is 7.34. The summed E-state index contributed by atoms with van der Waals surface area (Å²) in [4.78, 5) is 12.0. The van der Waals surface area contributed by atoms with E-state index in [-0.39, 0.29) is 11.9 Å². The van der Waals surface area contributed by atoms with Gasteiger partial charge in [0.05, 0.1) is 12.1 Å². The topological polar surface area (TPSA) is 50.4 Å². The van der Waals surface area contributed by atoms with Crippen LogP contribution in [0.2, 0.25) is 0 Å². The Morgan fingerprint density at radius 2 is 2.15 bits per heavy atom. The quantitative estimate of drug-likeness (QED) is 0.869. The van der Waals surface area contributed by atoms with Crippen LogP contribution >= 0.6 is 0 Å². The van der Waals surface area contributed by atoms with Gasteiger partial charge >= 0.3 is 0 Å². The van der Waals surface area contributed by atoms with Crippen molar-refractivity contribution in [1.29, 1.82) is 0 Å². The number of nitrogens with one attached hydrogen (secondary N) is 2. The van der Waals surface area contributed by atoms with Crippen LogP contribution in [0.25, 0.3) is 0 Å². The second kappa shape index (κ2) is 6.75. The maximum Gasteiger partial charge on any atom is 0.255 e. The molecular weight excluding hydrogens is 252 g/mol. The van der Waals surface area contributed by atoms with Crippen LogP contribution in [0.5, 0.6) is 5.75 Å². The Bertz CT molecular complexity index is 472. The van der Waals surface area contributed by atoms with E-state index in [1.807, 2.05) is 19.2 Å². The number of hydrogen-bond acceptors (Lipinski definition) is 3. The van der Waals surface area contributed by atoms with Gasteiger partial charge in [-0.2, -0.15) is 0 Å². The number of carbonyl (C=O) groups is 1. The van der Waals surface area contributed by atoms with Crippen molar-refractivity contribution < 1.29 is 9.53 Å². The van der Waals surface area contributed by atoms with E-state index in [0.717, 1.165) is 18.4 Å². The lowest BCUT2D eigenvalue weighted by atomic mass is 9.96. The number of fused-ring (bicyclic) bond motifs is 1. The molecule has 4 nitrogen and oxygen atoms in total. The molecule has 1 aliphatic heterocycles. The molecule has 1 heterocycles. The van der Waals surface area contributed by atoms with Gasteiger partial charge in [-0.05, 0) is 43.5 Å². The van der Waals surface area contributed by atoms with Crippen molar-refractivity contribution in [2.24, 2.45) is 5.92 Å². The Hall–Kier alpha value is -1.55. The van der Waals surface area contributed by atoms with Crippen molar-refractivity contribution in [3.05, 3.63) is 29.3 Å². The fraction of sp³-hybridized carbons (Fsp3) is 0.562. The molecule has 0 spiro atoms. The van der Waals surface area contributed by atoms with E-state index in [2.05, 4.69) is 30.5 Å². The Morgan fingerprint density at radius 1 is 1.35 bits per heavy atom. The number of carbonyl (C=O) groups excluding carboxylic acids is 1. The van der Waals surface area contributed by atoms with Gasteiger partial charge in [0.2, 0.25) is 0 Å². The van der Waals surface area contributed by atoms with Gasteiger partial charge < -0.3 is 15.4 Å². The molecule has 1 atom stereocenters. The monoisotopic (exact) mass is 276 g/mol. The third-order valence-electron chi connectivity index (χ3n) is 3.68. The smallest absolute Gasteiger partial charge is 0.255 e. The zero-order valence-electron chi connectivity index (χ0n) is 12.5. The minimum absolute atomic E-state index is 0.0435. The minimum atomic E-state index is -0.0435. The van der Waals surface area contributed by atoms with Crippen LogP contribution in [-0.2, 0) is 0 Å². The molecule has 20 heavy (non-hydrogen) atoms. The number of rotatable bonds is 5. The summed E-state index contributed by atoms with van der Waals surface area (Å²) < 4.78 is 5.58. The first-order chi connectivity index (χ1) is 9.61. The zero-order valence-corrected chi connectivity index (χ0v) is 12.5. The second-order valence-corrected chi connectivity index (χ2v) is 5.67. The van der Waals surface area contributed by atoms with Crippen LogP contribution in [0.15, 0.2) is 18.2 Å². The SMILES string of the molecule is CNC(CCC(C)C)c1ccc2c(c1)C(=O)NCCO2. The first-order valence-corrected chi connectivity index (χ1v) is 7.34. The van der Waals surface area contributed by atoms with Gasteiger partial charge in [0.1, 0.15) is 12.4 Å². The highest BCUT2D eigenvalue weighted by molar-refractivity contribution is 5.97. The maximum atomic E-state index is 12.0. The molecule has 0 saturated heterocycles. The van der Waals surface area contributed by atoms with Crippen molar-refractivity contribution in [1.82, 2.24) is 10.6 Å². The highest BCUT2D eigenvalue weighted by atomic mass is 16.5. The Balaban J connectivity index is 2.21. The highest BCUT2D eigenvalue weighted by Gasteiger charge is 2.19. The van der Waals surface area contributed by atoms with Gasteiger partial charge in [0.15, 0.2) is 0 Å². The minimum Gasteiger partial charge on any atom is -0.491 e. The highest BCUT2D eigenvalue weighted by Crippen LogP contribution is 2.27. The molecule has 0 fully saturated rings. The van der Waals surface area contributed by atoms with Crippen LogP contribution in [-0.4, -0.2) is 26.1 Å². The van der Waals surface area contributed by atoms with Crippen LogP contribution in [0, 0.1) is 5.92 Å². The molecule has 1 aliphatic rings. The first kappa shape index (κ1) is 14.9. The summed E-state index contributed by atoms with van der Waals surface area (Å²) in [5, 5.41) is 6.19. The van der Waals surface area contributed by atoms with E-state index in [1.54, 1.807) is 0 Å². The average molecular weight is 276 g/mol. The number of ether oxygens (including phenoxy) is 1. The molecule has 110 valence electrons. The molecule has 0 radical (unpaired) electrons. The van der Waals surface area contributed by atoms with Gasteiger partial charge in [-0.15, -0.1) is 0 Å². The summed E-state index contributed by atoms with van der Waals surface area (Å²) in [6, 6.07) is 6.20. The van der Waals surface area contributed by atoms with Crippen molar-refractivity contribution in [3.63, 3.8) is 0 Å². The van der Waals surface area contributed by atoms with Gasteiger partial charge in [-0.1, -0.05) is 19.9 Å². The van der Waals surface area contributed by atoms with E-state index in [1.165, 1.54) is 0 Å². The van der Waals surface area contributed by atoms with E-state index < -0.39 is 0 Å². The summed E-state index contributed by atoms with van der Waals surface area (Å²) in [6.07, 6.45) is 2.22. The van der Waals surface area contributed by atoms with Gasteiger partial charge in [-0.25, -0.2) is 0 Å². The van der Waals surface area contributed by atoms with E-state index >= 15 is 0 Å². The lowest BCUT2D eigenvalue weighted by Crippen LogP contribution is -2.24. The summed E-state index contributed by atoms with van der Waals surface area (Å²) in [6.45, 7) is 5.54. The fourth-order valence-corrected chi connectivity index (χ4v) is 2.47. The van der Waals surface area contributed by atoms with E-state index in [0.29, 0.717) is 30.4 Å². The van der Waals surface area contributed by atoms with Gasteiger partial charge in [-0.3, -0.25) is 4.79 Å². The molecule has 0 bridgehead atoms. The summed E-state index contributed by atoms with van der Waals surface area (Å²) in [7, 11) is 1.97. The molecule has 2 N–H and O–H groups in total. The average Bonchev–Trinajstić information content (AvgIpc) is 2.61. The Morgan fingerprint density at radius 3 is 2.85 bits per heavy atom. The predicted molar refractivity (Wildman–Crippen MR) is 80.1 cm³/mol. The molecule has 4 heteroatoms. The number of hydrogen-bond donors (Lipinski definition) is 2. The molecule has 2 rings (SSSR count). The second-order valence-electron chi connectivity index (χ2n) is 5.67. The van der Waals surface area contributed by atoms with Crippen LogP contribution in [0.1, 0.15) is 48.7 Å². The summed E-state index contributed by atoms with van der Waals surface area (Å²) >= 11 is 0. The van der Waals surface area contributed by atoms with Crippen molar-refractivity contribution in [2.45, 2.75) is 32.7 Å². The molecule has 1 aromatic carbocycles. The standard InChI is InChI=1S/C16H24N2O2/c1-11(2)4-6-14(17-3)12-5-7-15-13(10-12)16(19)18-8-9-20-15/h5,7,10-11,14,17H,4,6,8-9H2,1-3H3,(H,18,19). The maximum absolute atomic E-state index is 12.0. The molecule has 0 aromatic heterocycles. The summed E-state index contributed by atoms with van der Waals surface area (Å²) in [5.41, 5.74) is 1.79. The normalized spacial score (nSPS) is 16.1. The molecule has 0 aliphatic carbocycles. The third-order valence-corrected chi connectivity index (χ3v) is 3.68. The van der Waals surface area contributed by atoms with Gasteiger partial charge in [0.25, 0.3) is 5.91 Å². The Kier molecular flexibility index (Phi) is 5.01. The van der Waals surface area contributed by atoms with Crippen LogP contribution in [0.4, 0.5) is 0 Å². The van der Waals surface area contributed by atoms with Crippen LogP contribution < -0.4 is 15.4 Å². The van der Waals surface area contributed by atoms with Gasteiger partial charge in [0, 0.05) is 6.04 Å². The molecule has 1 aromatic rings. The summed E-state index contributed by atoms with van der Waals surface area (Å²) in [5.74, 6) is 1.32. The van der Waals surface area contributed by atoms with E-state index in [9.17, 15) is 4.79 Å². The van der Waals surface area contributed by atoms with Crippen LogP contribution in [0.3, 0.4) is 0 Å². The number of amides is 1. The van der Waals surface area contributed by atoms with Crippen molar-refractivity contribution in [2.75, 3.05) is 20.2 Å². The largest absolute Gasteiger partial charge is 0.491 e. The molecule has 1 amide bonds. The molecule has 0 saturated carbocycles. The van der Waals surface area contributed by atoms with E-state index in [4.69, 9.17) is 4.74 Å². The van der Waals surface area contributed by atoms with Crippen molar-refractivity contribution in [3.8, 4) is 5.75 Å². The Labute approximate surface area is 120 Å². The van der Waals surface area contributed by atoms with Crippen molar-refractivity contribution >= 4 is 5.91 Å². The lowest BCUT2D eigenvalue weighted by Gasteiger charge is -2.19. The molecular formula is C16H24N2O2. The molecule has 1 unspecified atom stereocenters.